The van der Waals surface area contributed by atoms with Gasteiger partial charge in [0.15, 0.2) is 0 Å². The molecule has 4 rings (SSSR count). The largest absolute Gasteiger partial charge is 0.489 e. The molecule has 0 spiro atoms. The summed E-state index contributed by atoms with van der Waals surface area (Å²) in [5, 5.41) is 2.73. The van der Waals surface area contributed by atoms with Gasteiger partial charge in [-0.1, -0.05) is 11.8 Å². The highest BCUT2D eigenvalue weighted by Crippen LogP contribution is 2.31. The number of nitrogens with one attached hydrogen (secondary N) is 1. The molecule has 3 aromatic rings. The Bertz CT molecular complexity index is 1310. The van der Waals surface area contributed by atoms with Crippen LogP contribution in [0.2, 0.25) is 0 Å². The highest BCUT2D eigenvalue weighted by molar-refractivity contribution is 6.03. The number of hydrogen-bond donors (Lipinski definition) is 1. The van der Waals surface area contributed by atoms with E-state index in [-0.39, 0.29) is 23.6 Å². The molecular formula is C27H26N4O4. The quantitative estimate of drug-likeness (QED) is 0.583. The second-order valence-corrected chi connectivity index (χ2v) is 9.08. The van der Waals surface area contributed by atoms with Crippen LogP contribution in [-0.4, -0.2) is 41.5 Å². The zero-order valence-electron chi connectivity index (χ0n) is 20.0. The second-order valence-electron chi connectivity index (χ2n) is 9.08. The summed E-state index contributed by atoms with van der Waals surface area (Å²) in [4.78, 5) is 35.7. The predicted octanol–water partition coefficient (Wildman–Crippen LogP) is 3.82. The Morgan fingerprint density at radius 2 is 2.00 bits per heavy atom. The fourth-order valence-electron chi connectivity index (χ4n) is 3.31. The molecule has 1 atom stereocenters. The zero-order chi connectivity index (χ0) is 25.0. The lowest BCUT2D eigenvalue weighted by Gasteiger charge is -2.20. The minimum Gasteiger partial charge on any atom is -0.489 e. The molecule has 8 nitrogen and oxygen atoms in total. The van der Waals surface area contributed by atoms with Crippen LogP contribution in [0.3, 0.4) is 0 Å². The summed E-state index contributed by atoms with van der Waals surface area (Å²) in [5.41, 5.74) is 1.34. The number of pyridine rings is 2. The number of anilines is 1. The van der Waals surface area contributed by atoms with Gasteiger partial charge in [-0.05, 0) is 57.2 Å². The summed E-state index contributed by atoms with van der Waals surface area (Å²) in [5.74, 6) is 7.01. The van der Waals surface area contributed by atoms with Crippen LogP contribution in [0.1, 0.15) is 36.8 Å². The molecule has 1 unspecified atom stereocenters. The fourth-order valence-corrected chi connectivity index (χ4v) is 3.31. The maximum atomic E-state index is 13.2. The van der Waals surface area contributed by atoms with Gasteiger partial charge < -0.3 is 19.7 Å². The predicted molar refractivity (Wildman–Crippen MR) is 131 cm³/mol. The van der Waals surface area contributed by atoms with Gasteiger partial charge in [0, 0.05) is 36.5 Å². The van der Waals surface area contributed by atoms with E-state index in [0.717, 1.165) is 5.56 Å². The first-order valence-corrected chi connectivity index (χ1v) is 11.1. The molecule has 1 aliphatic heterocycles. The van der Waals surface area contributed by atoms with Gasteiger partial charge in [-0.2, -0.15) is 0 Å². The summed E-state index contributed by atoms with van der Waals surface area (Å²) in [6.07, 6.45) is 4.67. The van der Waals surface area contributed by atoms with Gasteiger partial charge in [-0.15, -0.1) is 0 Å². The third-order valence-electron chi connectivity index (χ3n) is 5.08. The average Bonchev–Trinajstić information content (AvgIpc) is 2.95. The van der Waals surface area contributed by atoms with Gasteiger partial charge in [0.05, 0.1) is 11.9 Å². The van der Waals surface area contributed by atoms with Crippen LogP contribution in [0.15, 0.2) is 61.1 Å². The lowest BCUT2D eigenvalue weighted by Crippen LogP contribution is -2.49. The highest BCUT2D eigenvalue weighted by atomic mass is 16.5. The number of carbonyl (C=O) groups is 2. The van der Waals surface area contributed by atoms with Crippen molar-refractivity contribution in [1.29, 1.82) is 0 Å². The average molecular weight is 471 g/mol. The molecule has 35 heavy (non-hydrogen) atoms. The zero-order valence-corrected chi connectivity index (χ0v) is 20.0. The van der Waals surface area contributed by atoms with Crippen LogP contribution >= 0.6 is 0 Å². The number of amides is 2. The molecule has 0 saturated carbocycles. The van der Waals surface area contributed by atoms with Crippen molar-refractivity contribution in [1.82, 2.24) is 15.3 Å². The second kappa shape index (κ2) is 9.85. The molecule has 2 aromatic heterocycles. The Morgan fingerprint density at radius 1 is 1.17 bits per heavy atom. The molecule has 3 heterocycles. The van der Waals surface area contributed by atoms with Crippen LogP contribution in [0.5, 0.6) is 17.2 Å². The lowest BCUT2D eigenvalue weighted by molar-refractivity contribution is -0.120. The molecule has 0 aliphatic carbocycles. The van der Waals surface area contributed by atoms with Gasteiger partial charge in [-0.3, -0.25) is 19.6 Å². The third kappa shape index (κ3) is 5.95. The number of fused-ring (bicyclic) bond motifs is 1. The summed E-state index contributed by atoms with van der Waals surface area (Å²) in [6, 6.07) is 11.2. The fraction of sp³-hybridized carbons (Fsp3) is 0.259. The van der Waals surface area contributed by atoms with Gasteiger partial charge in [0.25, 0.3) is 11.8 Å². The van der Waals surface area contributed by atoms with E-state index < -0.39 is 11.9 Å². The Labute approximate surface area is 204 Å². The Morgan fingerprint density at radius 3 is 2.74 bits per heavy atom. The van der Waals surface area contributed by atoms with Crippen LogP contribution in [0.25, 0.3) is 0 Å². The minimum atomic E-state index is -0.895. The number of hydrogen-bond acceptors (Lipinski definition) is 6. The Hall–Kier alpha value is -4.38. The van der Waals surface area contributed by atoms with E-state index in [1.807, 2.05) is 32.9 Å². The molecule has 0 saturated heterocycles. The van der Waals surface area contributed by atoms with Gasteiger partial charge in [0.2, 0.25) is 0 Å². The van der Waals surface area contributed by atoms with E-state index in [0.29, 0.717) is 22.9 Å². The van der Waals surface area contributed by atoms with Crippen molar-refractivity contribution in [3.05, 3.63) is 72.3 Å². The SMILES string of the molecule is CN1C(=O)C(NC(=O)c2cc(Oc3cccnc3)ccn2)COc2ccc(C#CC(C)(C)C)cc21. The first-order valence-electron chi connectivity index (χ1n) is 11.1. The number of benzene rings is 1. The van der Waals surface area contributed by atoms with E-state index in [1.165, 1.54) is 17.2 Å². The van der Waals surface area contributed by atoms with Gasteiger partial charge in [0.1, 0.15) is 35.6 Å². The molecule has 8 heteroatoms. The molecule has 178 valence electrons. The molecule has 1 N–H and O–H groups in total. The van der Waals surface area contributed by atoms with Gasteiger partial charge in [-0.25, -0.2) is 0 Å². The normalized spacial score (nSPS) is 15.1. The van der Waals surface area contributed by atoms with Crippen molar-refractivity contribution in [2.75, 3.05) is 18.6 Å². The van der Waals surface area contributed by atoms with E-state index in [2.05, 4.69) is 27.1 Å². The molecule has 1 aliphatic rings. The van der Waals surface area contributed by atoms with Crippen molar-refractivity contribution in [3.63, 3.8) is 0 Å². The summed E-state index contributed by atoms with van der Waals surface area (Å²) < 4.78 is 11.6. The van der Waals surface area contributed by atoms with Gasteiger partial charge >= 0.3 is 0 Å². The topological polar surface area (TPSA) is 93.7 Å². The minimum absolute atomic E-state index is 0.0131. The lowest BCUT2D eigenvalue weighted by atomic mass is 9.97. The van der Waals surface area contributed by atoms with Crippen LogP contribution in [0.4, 0.5) is 5.69 Å². The van der Waals surface area contributed by atoms with Crippen molar-refractivity contribution < 1.29 is 19.1 Å². The van der Waals surface area contributed by atoms with E-state index in [9.17, 15) is 9.59 Å². The number of rotatable bonds is 4. The third-order valence-corrected chi connectivity index (χ3v) is 5.08. The number of ether oxygens (including phenoxy) is 2. The first-order chi connectivity index (χ1) is 16.7. The number of carbonyl (C=O) groups excluding carboxylic acids is 2. The molecular weight excluding hydrogens is 444 g/mol. The molecule has 0 fully saturated rings. The van der Waals surface area contributed by atoms with Crippen molar-refractivity contribution in [2.45, 2.75) is 26.8 Å². The maximum Gasteiger partial charge on any atom is 0.270 e. The van der Waals surface area contributed by atoms with Crippen LogP contribution in [0, 0.1) is 17.3 Å². The number of aromatic nitrogens is 2. The monoisotopic (exact) mass is 470 g/mol. The van der Waals surface area contributed by atoms with Crippen molar-refractivity contribution in [3.8, 4) is 29.1 Å². The smallest absolute Gasteiger partial charge is 0.270 e. The molecule has 1 aromatic carbocycles. The summed E-state index contributed by atoms with van der Waals surface area (Å²) in [7, 11) is 1.65. The molecule has 0 bridgehead atoms. The summed E-state index contributed by atoms with van der Waals surface area (Å²) in [6.45, 7) is 6.09. The summed E-state index contributed by atoms with van der Waals surface area (Å²) >= 11 is 0. The van der Waals surface area contributed by atoms with E-state index in [1.54, 1.807) is 43.7 Å². The van der Waals surface area contributed by atoms with Crippen LogP contribution in [-0.2, 0) is 4.79 Å². The van der Waals surface area contributed by atoms with Crippen molar-refractivity contribution in [2.24, 2.45) is 5.41 Å². The Kier molecular flexibility index (Phi) is 6.69. The molecule has 2 amide bonds. The maximum absolute atomic E-state index is 13.2. The first kappa shape index (κ1) is 23.8. The number of likely N-dealkylation sites (N-methyl/N-ethyl adjacent to an activating group) is 1. The molecule has 0 radical (unpaired) electrons. The van der Waals surface area contributed by atoms with Crippen molar-refractivity contribution >= 4 is 17.5 Å². The van der Waals surface area contributed by atoms with Crippen LogP contribution < -0.4 is 19.7 Å². The van der Waals surface area contributed by atoms with E-state index >= 15 is 0 Å². The number of nitrogens with zero attached hydrogens (tertiary/aromatic N) is 3. The van der Waals surface area contributed by atoms with E-state index in [4.69, 9.17) is 9.47 Å². The standard InChI is InChI=1S/C27H26N4O4/c1-27(2,3)11-9-18-7-8-24-23(14-18)31(4)26(33)22(17-34-24)30-25(32)21-15-19(10-13-29-21)35-20-6-5-12-28-16-20/h5-8,10,12-16,22H,17H2,1-4H3,(H,30,32). The Balaban J connectivity index is 1.48. The highest BCUT2D eigenvalue weighted by Gasteiger charge is 2.31.